The maximum absolute atomic E-state index is 12.7. The summed E-state index contributed by atoms with van der Waals surface area (Å²) in [5, 5.41) is 3.70. The summed E-state index contributed by atoms with van der Waals surface area (Å²) in [5.74, 6) is 0.324. The van der Waals surface area contributed by atoms with E-state index in [4.69, 9.17) is 15.2 Å². The Bertz CT molecular complexity index is 1000. The summed E-state index contributed by atoms with van der Waals surface area (Å²) >= 11 is 1.29. The van der Waals surface area contributed by atoms with E-state index in [9.17, 15) is 4.79 Å². The molecule has 152 valence electrons. The van der Waals surface area contributed by atoms with Crippen molar-refractivity contribution in [1.29, 1.82) is 0 Å². The first-order chi connectivity index (χ1) is 14.1. The van der Waals surface area contributed by atoms with Gasteiger partial charge in [0.25, 0.3) is 5.91 Å². The minimum absolute atomic E-state index is 0.231. The van der Waals surface area contributed by atoms with Crippen molar-refractivity contribution in [3.05, 3.63) is 46.8 Å². The van der Waals surface area contributed by atoms with Crippen molar-refractivity contribution in [1.82, 2.24) is 9.88 Å². The summed E-state index contributed by atoms with van der Waals surface area (Å²) in [7, 11) is 0. The van der Waals surface area contributed by atoms with Crippen molar-refractivity contribution in [2.24, 2.45) is 0 Å². The van der Waals surface area contributed by atoms with Crippen LogP contribution in [-0.4, -0.2) is 55.2 Å². The van der Waals surface area contributed by atoms with Gasteiger partial charge in [-0.3, -0.25) is 9.69 Å². The van der Waals surface area contributed by atoms with Crippen LogP contribution >= 0.6 is 11.3 Å². The third-order valence-electron chi connectivity index (χ3n) is 4.87. The number of fused-ring (bicyclic) bond motifs is 1. The van der Waals surface area contributed by atoms with E-state index < -0.39 is 0 Å². The predicted octanol–water partition coefficient (Wildman–Crippen LogP) is 3.15. The van der Waals surface area contributed by atoms with E-state index in [2.05, 4.69) is 15.2 Å². The third kappa shape index (κ3) is 4.50. The molecule has 29 heavy (non-hydrogen) atoms. The highest BCUT2D eigenvalue weighted by Crippen LogP contribution is 2.36. The van der Waals surface area contributed by atoms with E-state index in [0.29, 0.717) is 27.9 Å². The Morgan fingerprint density at radius 2 is 2.07 bits per heavy atom. The molecule has 1 aromatic carbocycles. The van der Waals surface area contributed by atoms with Crippen molar-refractivity contribution in [2.45, 2.75) is 6.92 Å². The second-order valence-corrected chi connectivity index (χ2v) is 7.92. The van der Waals surface area contributed by atoms with Crippen molar-refractivity contribution >= 4 is 38.8 Å². The molecule has 3 heterocycles. The molecule has 2 aromatic heterocycles. The Kier molecular flexibility index (Phi) is 5.94. The molecule has 0 saturated carbocycles. The van der Waals surface area contributed by atoms with Gasteiger partial charge < -0.3 is 20.5 Å². The number of hydrogen-bond donors (Lipinski definition) is 2. The Balaban J connectivity index is 1.49. The van der Waals surface area contributed by atoms with Gasteiger partial charge in [-0.25, -0.2) is 4.98 Å². The van der Waals surface area contributed by atoms with Crippen molar-refractivity contribution in [2.75, 3.05) is 50.5 Å². The van der Waals surface area contributed by atoms with Crippen LogP contribution < -0.4 is 15.8 Å². The van der Waals surface area contributed by atoms with Crippen LogP contribution in [0, 0.1) is 6.92 Å². The number of anilines is 2. The van der Waals surface area contributed by atoms with Gasteiger partial charge in [0.15, 0.2) is 0 Å². The number of ether oxygens (including phenoxy) is 2. The van der Waals surface area contributed by atoms with Crippen molar-refractivity contribution in [3.8, 4) is 5.88 Å². The van der Waals surface area contributed by atoms with Crippen LogP contribution in [-0.2, 0) is 4.74 Å². The van der Waals surface area contributed by atoms with Gasteiger partial charge in [0.05, 0.1) is 18.9 Å². The topological polar surface area (TPSA) is 89.7 Å². The minimum atomic E-state index is -0.231. The van der Waals surface area contributed by atoms with Gasteiger partial charge in [-0.2, -0.15) is 0 Å². The number of hydrogen-bond acceptors (Lipinski definition) is 7. The number of benzene rings is 1. The molecule has 4 rings (SSSR count). The van der Waals surface area contributed by atoms with E-state index in [1.54, 1.807) is 0 Å². The summed E-state index contributed by atoms with van der Waals surface area (Å²) in [6.07, 6.45) is 0. The van der Waals surface area contributed by atoms with E-state index in [0.717, 1.165) is 49.5 Å². The third-order valence-corrected chi connectivity index (χ3v) is 5.97. The Labute approximate surface area is 173 Å². The van der Waals surface area contributed by atoms with Gasteiger partial charge >= 0.3 is 0 Å². The van der Waals surface area contributed by atoms with Gasteiger partial charge in [0.1, 0.15) is 16.3 Å². The summed E-state index contributed by atoms with van der Waals surface area (Å²) in [4.78, 5) is 20.8. The quantitative estimate of drug-likeness (QED) is 0.646. The average molecular weight is 413 g/mol. The Morgan fingerprint density at radius 1 is 1.31 bits per heavy atom. The summed E-state index contributed by atoms with van der Waals surface area (Å²) < 4.78 is 11.2. The molecule has 1 amide bonds. The zero-order valence-corrected chi connectivity index (χ0v) is 17.1. The monoisotopic (exact) mass is 412 g/mol. The molecule has 0 bridgehead atoms. The first kappa shape index (κ1) is 19.6. The number of morpholine rings is 1. The number of nitrogens with two attached hydrogens (primary N) is 1. The van der Waals surface area contributed by atoms with Gasteiger partial charge in [-0.05, 0) is 24.6 Å². The fourth-order valence-electron chi connectivity index (χ4n) is 3.34. The molecule has 1 aliphatic rings. The minimum Gasteiger partial charge on any atom is -0.476 e. The smallest absolute Gasteiger partial charge is 0.267 e. The summed E-state index contributed by atoms with van der Waals surface area (Å²) in [6, 6.07) is 11.2. The predicted molar refractivity (Wildman–Crippen MR) is 116 cm³/mol. The Morgan fingerprint density at radius 3 is 2.83 bits per heavy atom. The van der Waals surface area contributed by atoms with E-state index in [1.807, 2.05) is 43.3 Å². The summed E-state index contributed by atoms with van der Waals surface area (Å²) in [6.45, 7) is 6.74. The number of nitrogen functional groups attached to an aromatic ring is 1. The van der Waals surface area contributed by atoms with Gasteiger partial charge in [-0.15, -0.1) is 11.3 Å². The lowest BCUT2D eigenvalue weighted by atomic mass is 10.1. The molecular weight excluding hydrogens is 388 g/mol. The van der Waals surface area contributed by atoms with Crippen LogP contribution in [0.1, 0.15) is 15.2 Å². The molecule has 3 aromatic rings. The molecular formula is C21H24N4O3S. The fraction of sp³-hybridized carbons (Fsp3) is 0.333. The molecule has 1 fully saturated rings. The number of carbonyl (C=O) groups is 1. The van der Waals surface area contributed by atoms with Crippen LogP contribution in [0.2, 0.25) is 0 Å². The molecule has 7 nitrogen and oxygen atoms in total. The van der Waals surface area contributed by atoms with Crippen molar-refractivity contribution < 1.29 is 14.3 Å². The zero-order chi connectivity index (χ0) is 20.2. The number of nitrogens with zero attached hydrogens (tertiary/aromatic N) is 2. The highest BCUT2D eigenvalue weighted by molar-refractivity contribution is 7.21. The lowest BCUT2D eigenvalue weighted by Gasteiger charge is -2.26. The van der Waals surface area contributed by atoms with Crippen LogP contribution in [0.15, 0.2) is 36.4 Å². The lowest BCUT2D eigenvalue weighted by molar-refractivity contribution is 0.0320. The molecule has 0 radical (unpaired) electrons. The zero-order valence-electron chi connectivity index (χ0n) is 16.3. The van der Waals surface area contributed by atoms with Gasteiger partial charge in [0.2, 0.25) is 5.88 Å². The molecule has 0 unspecified atom stereocenters. The van der Waals surface area contributed by atoms with E-state index >= 15 is 0 Å². The van der Waals surface area contributed by atoms with Crippen LogP contribution in [0.4, 0.5) is 11.4 Å². The van der Waals surface area contributed by atoms with Crippen LogP contribution in [0.5, 0.6) is 5.88 Å². The molecule has 8 heteroatoms. The van der Waals surface area contributed by atoms with Gasteiger partial charge in [0, 0.05) is 36.8 Å². The number of amides is 1. The average Bonchev–Trinajstić information content (AvgIpc) is 3.06. The Hall–Kier alpha value is -2.68. The van der Waals surface area contributed by atoms with Crippen LogP contribution in [0.25, 0.3) is 10.2 Å². The number of para-hydroxylation sites is 1. The SMILES string of the molecule is Cc1cc(OCCN2CCOCC2)nc2sc(C(=O)Nc3ccccc3)c(N)c12. The largest absolute Gasteiger partial charge is 0.476 e. The number of carbonyl (C=O) groups excluding carboxylic acids is 1. The lowest BCUT2D eigenvalue weighted by Crippen LogP contribution is -2.38. The summed E-state index contributed by atoms with van der Waals surface area (Å²) in [5.41, 5.74) is 8.43. The highest BCUT2D eigenvalue weighted by atomic mass is 32.1. The van der Waals surface area contributed by atoms with E-state index in [1.165, 1.54) is 11.3 Å². The molecule has 0 atom stereocenters. The number of thiophene rings is 1. The fourth-order valence-corrected chi connectivity index (χ4v) is 4.39. The molecule has 1 saturated heterocycles. The number of aryl methyl sites for hydroxylation is 1. The second kappa shape index (κ2) is 8.77. The number of rotatable bonds is 6. The van der Waals surface area contributed by atoms with Gasteiger partial charge in [-0.1, -0.05) is 18.2 Å². The van der Waals surface area contributed by atoms with E-state index in [-0.39, 0.29) is 5.91 Å². The van der Waals surface area contributed by atoms with Crippen molar-refractivity contribution in [3.63, 3.8) is 0 Å². The number of pyridine rings is 1. The normalized spacial score (nSPS) is 14.8. The maximum Gasteiger partial charge on any atom is 0.267 e. The first-order valence-corrected chi connectivity index (χ1v) is 10.4. The number of aromatic nitrogens is 1. The molecule has 3 N–H and O–H groups in total. The standard InChI is InChI=1S/C21H24N4O3S/c1-14-13-16(28-12-9-25-7-10-27-11-8-25)24-21-17(14)18(22)19(29-21)20(26)23-15-5-3-2-4-6-15/h2-6,13H,7-12,22H2,1H3,(H,23,26). The highest BCUT2D eigenvalue weighted by Gasteiger charge is 2.20. The molecule has 0 aliphatic carbocycles. The van der Waals surface area contributed by atoms with Crippen LogP contribution in [0.3, 0.4) is 0 Å². The first-order valence-electron chi connectivity index (χ1n) is 9.61. The molecule has 1 aliphatic heterocycles. The molecule has 0 spiro atoms. The number of nitrogens with one attached hydrogen (secondary N) is 1. The maximum atomic E-state index is 12.7. The second-order valence-electron chi connectivity index (χ2n) is 6.93.